The fourth-order valence-corrected chi connectivity index (χ4v) is 4.69. The zero-order chi connectivity index (χ0) is 29.9. The third-order valence-electron chi connectivity index (χ3n) is 7.08. The summed E-state index contributed by atoms with van der Waals surface area (Å²) in [6.07, 6.45) is 21.0. The van der Waals surface area contributed by atoms with Crippen LogP contribution in [0.4, 0.5) is 11.4 Å². The molecule has 0 saturated heterocycles. The number of anilines is 1. The molecular weight excluding hydrogens is 494 g/mol. The van der Waals surface area contributed by atoms with E-state index in [9.17, 15) is 10.1 Å². The van der Waals surface area contributed by atoms with Gasteiger partial charge in [-0.15, -0.1) is 0 Å². The highest BCUT2D eigenvalue weighted by Crippen LogP contribution is 2.49. The van der Waals surface area contributed by atoms with Crippen LogP contribution in [0.2, 0.25) is 0 Å². The Balaban J connectivity index is 0.00000274. The van der Waals surface area contributed by atoms with Crippen molar-refractivity contribution in [3.8, 4) is 0 Å². The van der Waals surface area contributed by atoms with Gasteiger partial charge in [-0.05, 0) is 61.0 Å². The van der Waals surface area contributed by atoms with Crippen LogP contribution in [0.25, 0.3) is 0 Å². The van der Waals surface area contributed by atoms with Crippen LogP contribution in [0, 0.1) is 22.0 Å². The summed E-state index contributed by atoms with van der Waals surface area (Å²) in [5.74, 6) is 1.21. The van der Waals surface area contributed by atoms with Crippen molar-refractivity contribution in [1.29, 1.82) is 0 Å². The molecule has 0 N–H and O–H groups in total. The van der Waals surface area contributed by atoms with Crippen LogP contribution in [0.3, 0.4) is 0 Å². The van der Waals surface area contributed by atoms with Crippen molar-refractivity contribution in [2.75, 3.05) is 18.0 Å². The van der Waals surface area contributed by atoms with Crippen LogP contribution in [0.1, 0.15) is 80.7 Å². The maximum Gasteiger partial charge on any atom is 0.269 e. The van der Waals surface area contributed by atoms with E-state index in [0.29, 0.717) is 11.8 Å². The van der Waals surface area contributed by atoms with Crippen molar-refractivity contribution in [2.24, 2.45) is 16.8 Å². The van der Waals surface area contributed by atoms with Gasteiger partial charge in [-0.25, -0.2) is 0 Å². The van der Waals surface area contributed by atoms with Crippen molar-refractivity contribution < 1.29 is 4.92 Å². The molecule has 1 aliphatic heterocycles. The fraction of sp³-hybridized carbons (Fsp3) is 0.457. The molecule has 0 saturated carbocycles. The van der Waals surface area contributed by atoms with E-state index in [4.69, 9.17) is 4.99 Å². The zero-order valence-electron chi connectivity index (χ0n) is 26.1. The molecule has 0 radical (unpaired) electrons. The first kappa shape index (κ1) is 32.7. The highest BCUT2D eigenvalue weighted by Gasteiger charge is 2.40. The van der Waals surface area contributed by atoms with E-state index in [1.54, 1.807) is 12.1 Å². The molecule has 0 aromatic heterocycles. The summed E-state index contributed by atoms with van der Waals surface area (Å²) >= 11 is 0. The molecule has 3 rings (SSSR count). The van der Waals surface area contributed by atoms with Crippen molar-refractivity contribution in [3.63, 3.8) is 0 Å². The third kappa shape index (κ3) is 8.77. The lowest BCUT2D eigenvalue weighted by atomic mass is 9.83. The van der Waals surface area contributed by atoms with Gasteiger partial charge >= 0.3 is 0 Å². The van der Waals surface area contributed by atoms with Gasteiger partial charge in [0, 0.05) is 42.0 Å². The molecule has 1 aromatic carbocycles. The molecule has 0 unspecified atom stereocenters. The second kappa shape index (κ2) is 15.4. The number of nitro groups is 1. The number of allylic oxidation sites excluding steroid dienone is 12. The van der Waals surface area contributed by atoms with Crippen molar-refractivity contribution in [1.82, 2.24) is 0 Å². The first-order valence-electron chi connectivity index (χ1n) is 14.7. The summed E-state index contributed by atoms with van der Waals surface area (Å²) in [5, 5.41) is 11.5. The van der Waals surface area contributed by atoms with E-state index in [2.05, 4.69) is 95.9 Å². The number of rotatable bonds is 10. The van der Waals surface area contributed by atoms with Gasteiger partial charge in [0.05, 0.1) is 10.6 Å². The third-order valence-corrected chi connectivity index (χ3v) is 7.08. The maximum atomic E-state index is 11.5. The fourth-order valence-electron chi connectivity index (χ4n) is 4.69. The summed E-state index contributed by atoms with van der Waals surface area (Å²) in [6.45, 7) is 21.0. The molecular formula is C35H49N3O2. The largest absolute Gasteiger partial charge is 0.344 e. The second-order valence-electron chi connectivity index (χ2n) is 11.5. The minimum atomic E-state index is -0.331. The van der Waals surface area contributed by atoms with Crippen LogP contribution >= 0.6 is 0 Å². The van der Waals surface area contributed by atoms with Gasteiger partial charge < -0.3 is 4.90 Å². The van der Waals surface area contributed by atoms with Gasteiger partial charge in [-0.1, -0.05) is 103 Å². The highest BCUT2D eigenvalue weighted by molar-refractivity contribution is 6.11. The number of non-ortho nitro benzene ring substituents is 1. The average molecular weight is 544 g/mol. The van der Waals surface area contributed by atoms with Crippen LogP contribution in [-0.2, 0) is 5.41 Å². The second-order valence-corrected chi connectivity index (χ2v) is 11.5. The van der Waals surface area contributed by atoms with E-state index in [0.717, 1.165) is 59.7 Å². The predicted molar refractivity (Wildman–Crippen MR) is 173 cm³/mol. The first-order valence-corrected chi connectivity index (χ1v) is 14.7. The van der Waals surface area contributed by atoms with Crippen molar-refractivity contribution in [3.05, 3.63) is 105 Å². The number of nitrogens with zero attached hydrogens (tertiary/aromatic N) is 3. The lowest BCUT2D eigenvalue weighted by Gasteiger charge is -2.27. The molecule has 0 atom stereocenters. The van der Waals surface area contributed by atoms with Crippen LogP contribution in [0.15, 0.2) is 94.7 Å². The van der Waals surface area contributed by atoms with E-state index in [1.165, 1.54) is 0 Å². The molecule has 216 valence electrons. The summed E-state index contributed by atoms with van der Waals surface area (Å²) in [6, 6.07) is 5.27. The van der Waals surface area contributed by atoms with Crippen molar-refractivity contribution >= 4 is 17.1 Å². The number of nitro benzene ring substituents is 1. The van der Waals surface area contributed by atoms with E-state index >= 15 is 0 Å². The Morgan fingerprint density at radius 2 is 1.73 bits per heavy atom. The molecule has 0 bridgehead atoms. The number of hydrogen-bond donors (Lipinski definition) is 0. The Morgan fingerprint density at radius 1 is 1.05 bits per heavy atom. The Labute approximate surface area is 242 Å². The summed E-state index contributed by atoms with van der Waals surface area (Å²) in [7, 11) is 0. The minimum Gasteiger partial charge on any atom is -0.344 e. The van der Waals surface area contributed by atoms with E-state index < -0.39 is 0 Å². The Bertz CT molecular complexity index is 1240. The van der Waals surface area contributed by atoms with Crippen LogP contribution in [-0.4, -0.2) is 23.7 Å². The number of benzene rings is 1. The molecule has 1 aromatic rings. The predicted octanol–water partition coefficient (Wildman–Crippen LogP) is 9.69. The van der Waals surface area contributed by atoms with Gasteiger partial charge in [0.1, 0.15) is 0 Å². The SMILES string of the molecule is CC.CC(/C=C/C=C1/N(CCC(C)C)c2ccc([N+](=O)[O-])cc2C1(C)C)=C\C=C1\C=CC=CC1=NCCC(C)C. The summed E-state index contributed by atoms with van der Waals surface area (Å²) in [5.41, 5.74) is 6.34. The topological polar surface area (TPSA) is 58.7 Å². The molecule has 1 aliphatic carbocycles. The monoisotopic (exact) mass is 543 g/mol. The van der Waals surface area contributed by atoms with E-state index in [-0.39, 0.29) is 16.0 Å². The quantitative estimate of drug-likeness (QED) is 0.168. The smallest absolute Gasteiger partial charge is 0.269 e. The summed E-state index contributed by atoms with van der Waals surface area (Å²) < 4.78 is 0. The summed E-state index contributed by atoms with van der Waals surface area (Å²) in [4.78, 5) is 18.3. The zero-order valence-corrected chi connectivity index (χ0v) is 26.1. The lowest BCUT2D eigenvalue weighted by molar-refractivity contribution is -0.384. The molecule has 5 nitrogen and oxygen atoms in total. The lowest BCUT2D eigenvalue weighted by Crippen LogP contribution is -2.27. The van der Waals surface area contributed by atoms with Crippen LogP contribution in [0.5, 0.6) is 0 Å². The standard InChI is InChI=1S/C33H43N3O2.C2H6/c1-24(2)19-21-34-30-13-9-8-12-27(30)16-15-26(5)11-10-14-32-33(6,7)29-23-28(36(37)38)17-18-31(29)35(32)22-20-25(3)4;1-2/h8-18,23-25H,19-22H2,1-7H3;1-2H3/b11-10+,26-15+,27-16-,32-14+,34-30?;. The molecule has 0 fully saturated rings. The molecule has 1 heterocycles. The Morgan fingerprint density at radius 3 is 2.38 bits per heavy atom. The van der Waals surface area contributed by atoms with E-state index in [1.807, 2.05) is 32.1 Å². The van der Waals surface area contributed by atoms with Gasteiger partial charge in [-0.3, -0.25) is 15.1 Å². The number of fused-ring (bicyclic) bond motifs is 1. The van der Waals surface area contributed by atoms with Crippen LogP contribution < -0.4 is 4.90 Å². The molecule has 5 heteroatoms. The van der Waals surface area contributed by atoms with Crippen molar-refractivity contribution in [2.45, 2.75) is 80.6 Å². The van der Waals surface area contributed by atoms with Gasteiger partial charge in [0.15, 0.2) is 0 Å². The van der Waals surface area contributed by atoms with Gasteiger partial charge in [-0.2, -0.15) is 0 Å². The Hall–Kier alpha value is -3.47. The average Bonchev–Trinajstić information content (AvgIpc) is 3.13. The molecule has 0 spiro atoms. The highest BCUT2D eigenvalue weighted by atomic mass is 16.6. The normalized spacial score (nSPS) is 19.3. The van der Waals surface area contributed by atoms with Gasteiger partial charge in [0.2, 0.25) is 0 Å². The number of aliphatic imine (C=N–C) groups is 1. The molecule has 40 heavy (non-hydrogen) atoms. The number of hydrogen-bond acceptors (Lipinski definition) is 4. The first-order chi connectivity index (χ1) is 19.0. The minimum absolute atomic E-state index is 0.142. The van der Waals surface area contributed by atoms with Gasteiger partial charge in [0.25, 0.3) is 5.69 Å². The maximum absolute atomic E-state index is 11.5. The molecule has 0 amide bonds. The molecule has 2 aliphatic rings. The Kier molecular flexibility index (Phi) is 12.6.